The van der Waals surface area contributed by atoms with Crippen LogP contribution in [0.2, 0.25) is 0 Å². The summed E-state index contributed by atoms with van der Waals surface area (Å²) in [6, 6.07) is 16.8. The summed E-state index contributed by atoms with van der Waals surface area (Å²) in [4.78, 5) is 21.9. The Kier molecular flexibility index (Phi) is 5.77. The Balaban J connectivity index is 1.25. The Morgan fingerprint density at radius 3 is 2.57 bits per heavy atom. The van der Waals surface area contributed by atoms with Crippen molar-refractivity contribution in [1.82, 2.24) is 14.8 Å². The van der Waals surface area contributed by atoms with Crippen LogP contribution in [0.5, 0.6) is 0 Å². The molecule has 2 aromatic rings. The third kappa shape index (κ3) is 4.61. The minimum Gasteiger partial charge on any atom is -0.342 e. The lowest BCUT2D eigenvalue weighted by atomic mass is 9.77. The van der Waals surface area contributed by atoms with E-state index in [1.165, 1.54) is 5.56 Å². The molecule has 0 unspecified atom stereocenters. The molecule has 3 heterocycles. The summed E-state index contributed by atoms with van der Waals surface area (Å²) in [6.07, 6.45) is 5.10. The lowest BCUT2D eigenvalue weighted by Gasteiger charge is -2.38. The van der Waals surface area contributed by atoms with Gasteiger partial charge in [-0.3, -0.25) is 14.7 Å². The number of nitrogens with zero attached hydrogens (tertiary/aromatic N) is 3. The van der Waals surface area contributed by atoms with Gasteiger partial charge in [-0.05, 0) is 68.8 Å². The number of piperidine rings is 1. The molecular weight excluding hydrogens is 346 g/mol. The molecule has 4 nitrogen and oxygen atoms in total. The van der Waals surface area contributed by atoms with E-state index in [9.17, 15) is 4.79 Å². The van der Waals surface area contributed by atoms with Crippen LogP contribution in [-0.4, -0.2) is 46.9 Å². The third-order valence-electron chi connectivity index (χ3n) is 6.39. The van der Waals surface area contributed by atoms with Gasteiger partial charge in [0.1, 0.15) is 0 Å². The molecule has 4 rings (SSSR count). The van der Waals surface area contributed by atoms with E-state index >= 15 is 0 Å². The molecule has 0 atom stereocenters. The fourth-order valence-electron chi connectivity index (χ4n) is 4.74. The van der Waals surface area contributed by atoms with E-state index < -0.39 is 0 Å². The second-order valence-electron chi connectivity index (χ2n) is 8.63. The molecule has 1 aromatic carbocycles. The first-order valence-corrected chi connectivity index (χ1v) is 10.6. The molecule has 4 heteroatoms. The molecule has 148 valence electrons. The van der Waals surface area contributed by atoms with Gasteiger partial charge < -0.3 is 4.90 Å². The Morgan fingerprint density at radius 1 is 1.04 bits per heavy atom. The van der Waals surface area contributed by atoms with Crippen LogP contribution in [0.15, 0.2) is 48.5 Å². The fraction of sp³-hybridized carbons (Fsp3) is 0.500. The average Bonchev–Trinajstić information content (AvgIpc) is 3.00. The third-order valence-corrected chi connectivity index (χ3v) is 6.39. The quantitative estimate of drug-likeness (QED) is 0.767. The zero-order valence-electron chi connectivity index (χ0n) is 16.9. The van der Waals surface area contributed by atoms with Gasteiger partial charge in [0, 0.05) is 31.7 Å². The summed E-state index contributed by atoms with van der Waals surface area (Å²) in [5.74, 6) is 0.363. The van der Waals surface area contributed by atoms with Crippen molar-refractivity contribution in [1.29, 1.82) is 0 Å². The Labute approximate surface area is 168 Å². The smallest absolute Gasteiger partial charge is 0.223 e. The standard InChI is InChI=1S/C24H31N3O/c1-20-7-5-11-22(25-20)18-26-15-12-24(13-16-26)17-23(28)27(19-24)14-6-10-21-8-3-2-4-9-21/h2-5,7-9,11H,6,10,12-19H2,1H3. The number of pyridine rings is 1. The number of carbonyl (C=O) groups is 1. The number of likely N-dealkylation sites (tertiary alicyclic amines) is 2. The van der Waals surface area contributed by atoms with Gasteiger partial charge in [-0.1, -0.05) is 36.4 Å². The lowest BCUT2D eigenvalue weighted by molar-refractivity contribution is -0.127. The van der Waals surface area contributed by atoms with Crippen molar-refractivity contribution in [2.24, 2.45) is 5.41 Å². The molecule has 0 N–H and O–H groups in total. The summed E-state index contributed by atoms with van der Waals surface area (Å²) in [5, 5.41) is 0. The lowest BCUT2D eigenvalue weighted by Crippen LogP contribution is -2.41. The molecule has 0 bridgehead atoms. The number of rotatable bonds is 6. The van der Waals surface area contributed by atoms with E-state index in [1.54, 1.807) is 0 Å². The SMILES string of the molecule is Cc1cccc(CN2CCC3(CC2)CC(=O)N(CCCc2ccccc2)C3)n1. The maximum absolute atomic E-state index is 12.6. The van der Waals surface area contributed by atoms with Crippen molar-refractivity contribution < 1.29 is 4.79 Å². The Morgan fingerprint density at radius 2 is 1.82 bits per heavy atom. The Bertz CT molecular complexity index is 797. The summed E-state index contributed by atoms with van der Waals surface area (Å²) >= 11 is 0. The maximum Gasteiger partial charge on any atom is 0.223 e. The normalized spacial score (nSPS) is 19.5. The number of hydrogen-bond donors (Lipinski definition) is 0. The molecule has 0 radical (unpaired) electrons. The number of benzene rings is 1. The minimum atomic E-state index is 0.209. The topological polar surface area (TPSA) is 36.4 Å². The van der Waals surface area contributed by atoms with Crippen molar-refractivity contribution in [2.75, 3.05) is 26.2 Å². The molecule has 1 spiro atoms. The fourth-order valence-corrected chi connectivity index (χ4v) is 4.74. The van der Waals surface area contributed by atoms with Crippen LogP contribution in [-0.2, 0) is 17.8 Å². The van der Waals surface area contributed by atoms with E-state index in [4.69, 9.17) is 0 Å². The van der Waals surface area contributed by atoms with Gasteiger partial charge in [-0.15, -0.1) is 0 Å². The summed E-state index contributed by atoms with van der Waals surface area (Å²) < 4.78 is 0. The van der Waals surface area contributed by atoms with E-state index in [1.807, 2.05) is 13.0 Å². The van der Waals surface area contributed by atoms with Gasteiger partial charge in [0.2, 0.25) is 5.91 Å². The zero-order valence-corrected chi connectivity index (χ0v) is 16.9. The molecule has 0 saturated carbocycles. The van der Waals surface area contributed by atoms with Crippen molar-refractivity contribution in [2.45, 2.75) is 45.6 Å². The average molecular weight is 378 g/mol. The van der Waals surface area contributed by atoms with Crippen LogP contribution >= 0.6 is 0 Å². The highest BCUT2D eigenvalue weighted by Gasteiger charge is 2.44. The molecule has 2 aliphatic heterocycles. The molecule has 28 heavy (non-hydrogen) atoms. The van der Waals surface area contributed by atoms with E-state index in [0.717, 1.165) is 76.2 Å². The first-order valence-electron chi connectivity index (χ1n) is 10.6. The van der Waals surface area contributed by atoms with E-state index in [-0.39, 0.29) is 5.41 Å². The number of aryl methyl sites for hydroxylation is 2. The van der Waals surface area contributed by atoms with Crippen LogP contribution in [0.25, 0.3) is 0 Å². The molecule has 2 fully saturated rings. The van der Waals surface area contributed by atoms with E-state index in [0.29, 0.717) is 5.91 Å². The number of aromatic nitrogens is 1. The van der Waals surface area contributed by atoms with Gasteiger partial charge in [-0.25, -0.2) is 0 Å². The van der Waals surface area contributed by atoms with Crippen LogP contribution in [0.4, 0.5) is 0 Å². The van der Waals surface area contributed by atoms with Crippen molar-refractivity contribution in [3.8, 4) is 0 Å². The van der Waals surface area contributed by atoms with E-state index in [2.05, 4.69) is 57.2 Å². The molecule has 2 aliphatic rings. The highest BCUT2D eigenvalue weighted by Crippen LogP contribution is 2.41. The zero-order chi connectivity index (χ0) is 19.4. The molecular formula is C24H31N3O. The predicted octanol–water partition coefficient (Wildman–Crippen LogP) is 3.84. The second-order valence-corrected chi connectivity index (χ2v) is 8.63. The van der Waals surface area contributed by atoms with Gasteiger partial charge in [0.25, 0.3) is 0 Å². The number of carbonyl (C=O) groups excluding carboxylic acids is 1. The first kappa shape index (κ1) is 19.1. The van der Waals surface area contributed by atoms with Crippen molar-refractivity contribution in [3.63, 3.8) is 0 Å². The monoisotopic (exact) mass is 377 g/mol. The minimum absolute atomic E-state index is 0.209. The van der Waals surface area contributed by atoms with Crippen molar-refractivity contribution >= 4 is 5.91 Å². The summed E-state index contributed by atoms with van der Waals surface area (Å²) in [6.45, 7) is 6.96. The van der Waals surface area contributed by atoms with Gasteiger partial charge in [-0.2, -0.15) is 0 Å². The van der Waals surface area contributed by atoms with Gasteiger partial charge in [0.15, 0.2) is 0 Å². The van der Waals surface area contributed by atoms with Crippen LogP contribution in [0, 0.1) is 12.3 Å². The number of hydrogen-bond acceptors (Lipinski definition) is 3. The van der Waals surface area contributed by atoms with Crippen LogP contribution in [0.1, 0.15) is 42.6 Å². The van der Waals surface area contributed by atoms with Crippen LogP contribution < -0.4 is 0 Å². The molecule has 0 aliphatic carbocycles. The van der Waals surface area contributed by atoms with Crippen LogP contribution in [0.3, 0.4) is 0 Å². The van der Waals surface area contributed by atoms with Crippen molar-refractivity contribution in [3.05, 3.63) is 65.5 Å². The largest absolute Gasteiger partial charge is 0.342 e. The Hall–Kier alpha value is -2.20. The first-order chi connectivity index (χ1) is 13.6. The number of amides is 1. The highest BCUT2D eigenvalue weighted by molar-refractivity contribution is 5.79. The maximum atomic E-state index is 12.6. The van der Waals surface area contributed by atoms with Gasteiger partial charge in [0.05, 0.1) is 5.69 Å². The summed E-state index contributed by atoms with van der Waals surface area (Å²) in [5.41, 5.74) is 3.81. The predicted molar refractivity (Wildman–Crippen MR) is 112 cm³/mol. The molecule has 1 amide bonds. The van der Waals surface area contributed by atoms with Gasteiger partial charge >= 0.3 is 0 Å². The second kappa shape index (κ2) is 8.44. The molecule has 1 aromatic heterocycles. The molecule has 2 saturated heterocycles. The summed E-state index contributed by atoms with van der Waals surface area (Å²) in [7, 11) is 0. The highest BCUT2D eigenvalue weighted by atomic mass is 16.2.